The van der Waals surface area contributed by atoms with Crippen LogP contribution in [0, 0.1) is 45.3 Å². The maximum Gasteiger partial charge on any atom is 0.100 e. The summed E-state index contributed by atoms with van der Waals surface area (Å²) in [5, 5.41) is 53.8. The van der Waals surface area contributed by atoms with Gasteiger partial charge in [-0.25, -0.2) is 0 Å². The Kier molecular flexibility index (Phi) is 6.98. The van der Waals surface area contributed by atoms with Gasteiger partial charge in [-0.05, 0) is 91.4 Å². The largest absolute Gasteiger partial charge is 0.395 e. The number of hydrogen-bond acceptors (Lipinski definition) is 5. The predicted octanol–water partition coefficient (Wildman–Crippen LogP) is 4.22. The van der Waals surface area contributed by atoms with E-state index in [0.717, 1.165) is 37.7 Å². The lowest BCUT2D eigenvalue weighted by Crippen LogP contribution is -2.63. The van der Waals surface area contributed by atoms with Gasteiger partial charge >= 0.3 is 0 Å². The monoisotopic (exact) mass is 490 g/mol. The minimum atomic E-state index is -0.890. The van der Waals surface area contributed by atoms with E-state index in [9.17, 15) is 25.5 Å². The van der Waals surface area contributed by atoms with E-state index in [1.165, 1.54) is 0 Å². The molecule has 0 aliphatic heterocycles. The average molecular weight is 491 g/mol. The standard InChI is InChI=1S/C30H50O5/c1-17(2)25(35)22(32)14-18(3)19-10-11-30(7)26-23(33)15-21-20(8-9-24(34)28(21,5)16-31)27(26,4)12-13-29(19,30)6/h15,18-20,22-26,31-35H,1,8-14,16H2,2-7H3/t18-,19-,20-,22-,23+,24+,25-,26-,27+,28-,29-,30+/m1/s1. The molecular weight excluding hydrogens is 440 g/mol. The Hall–Kier alpha value is -0.720. The van der Waals surface area contributed by atoms with E-state index in [1.807, 2.05) is 13.0 Å². The third kappa shape index (κ3) is 3.74. The molecule has 3 saturated carbocycles. The fourth-order valence-electron chi connectivity index (χ4n) is 9.81. The van der Waals surface area contributed by atoms with Crippen molar-refractivity contribution in [2.45, 2.75) is 111 Å². The molecule has 0 aromatic carbocycles. The smallest absolute Gasteiger partial charge is 0.100 e. The molecule has 0 aromatic rings. The van der Waals surface area contributed by atoms with Gasteiger partial charge in [-0.2, -0.15) is 0 Å². The Morgan fingerprint density at radius 3 is 2.29 bits per heavy atom. The van der Waals surface area contributed by atoms with Gasteiger partial charge in [-0.15, -0.1) is 0 Å². The molecule has 4 aliphatic rings. The van der Waals surface area contributed by atoms with Crippen LogP contribution in [0.25, 0.3) is 0 Å². The Morgan fingerprint density at radius 2 is 1.69 bits per heavy atom. The molecule has 5 nitrogen and oxygen atoms in total. The van der Waals surface area contributed by atoms with Crippen LogP contribution in [0.15, 0.2) is 23.8 Å². The van der Waals surface area contributed by atoms with Gasteiger partial charge in [0.2, 0.25) is 0 Å². The number of fused-ring (bicyclic) bond motifs is 5. The lowest BCUT2D eigenvalue weighted by Gasteiger charge is -2.67. The lowest BCUT2D eigenvalue weighted by molar-refractivity contribution is -0.180. The normalized spacial score (nSPS) is 49.8. The highest BCUT2D eigenvalue weighted by molar-refractivity contribution is 5.33. The summed E-state index contributed by atoms with van der Waals surface area (Å²) >= 11 is 0. The van der Waals surface area contributed by atoms with Crippen LogP contribution in [0.5, 0.6) is 0 Å². The zero-order valence-electron chi connectivity index (χ0n) is 22.8. The molecule has 4 aliphatic carbocycles. The highest BCUT2D eigenvalue weighted by Crippen LogP contribution is 2.75. The van der Waals surface area contributed by atoms with Gasteiger partial charge in [-0.1, -0.05) is 52.8 Å². The second-order valence-electron chi connectivity index (χ2n) is 13.9. The molecule has 0 amide bonds. The molecule has 0 saturated heterocycles. The van der Waals surface area contributed by atoms with Crippen molar-refractivity contribution < 1.29 is 25.5 Å². The van der Waals surface area contributed by atoms with Crippen LogP contribution in [0.2, 0.25) is 0 Å². The van der Waals surface area contributed by atoms with Crippen LogP contribution >= 0.6 is 0 Å². The van der Waals surface area contributed by atoms with E-state index >= 15 is 0 Å². The van der Waals surface area contributed by atoms with Crippen LogP contribution in [0.3, 0.4) is 0 Å². The van der Waals surface area contributed by atoms with E-state index in [-0.39, 0.29) is 40.6 Å². The Labute approximate surface area is 212 Å². The van der Waals surface area contributed by atoms with Gasteiger partial charge in [0, 0.05) is 11.3 Å². The first-order valence-electron chi connectivity index (χ1n) is 13.9. The second kappa shape index (κ2) is 8.94. The van der Waals surface area contributed by atoms with Gasteiger partial charge in [0.1, 0.15) is 6.10 Å². The van der Waals surface area contributed by atoms with Crippen LogP contribution in [-0.4, -0.2) is 56.6 Å². The maximum atomic E-state index is 11.7. The molecule has 5 N–H and O–H groups in total. The molecule has 0 spiro atoms. The molecule has 35 heavy (non-hydrogen) atoms. The average Bonchev–Trinajstić information content (AvgIpc) is 3.06. The first-order chi connectivity index (χ1) is 16.2. The number of hydrogen-bond donors (Lipinski definition) is 5. The molecule has 0 aromatic heterocycles. The van der Waals surface area contributed by atoms with E-state index in [2.05, 4.69) is 34.3 Å². The van der Waals surface area contributed by atoms with Gasteiger partial charge in [-0.3, -0.25) is 0 Å². The molecule has 200 valence electrons. The van der Waals surface area contributed by atoms with Crippen molar-refractivity contribution in [3.63, 3.8) is 0 Å². The van der Waals surface area contributed by atoms with E-state index < -0.39 is 29.8 Å². The molecule has 4 rings (SSSR count). The Morgan fingerprint density at radius 1 is 1.03 bits per heavy atom. The minimum Gasteiger partial charge on any atom is -0.395 e. The Balaban J connectivity index is 1.67. The van der Waals surface area contributed by atoms with Gasteiger partial charge in [0.15, 0.2) is 0 Å². The van der Waals surface area contributed by atoms with E-state index in [1.54, 1.807) is 6.92 Å². The number of rotatable bonds is 6. The quantitative estimate of drug-likeness (QED) is 0.359. The minimum absolute atomic E-state index is 0.0330. The van der Waals surface area contributed by atoms with Crippen molar-refractivity contribution in [3.8, 4) is 0 Å². The van der Waals surface area contributed by atoms with E-state index in [0.29, 0.717) is 24.3 Å². The summed E-state index contributed by atoms with van der Waals surface area (Å²) in [4.78, 5) is 0. The highest BCUT2D eigenvalue weighted by Gasteiger charge is 2.69. The van der Waals surface area contributed by atoms with Gasteiger partial charge < -0.3 is 25.5 Å². The third-order valence-electron chi connectivity index (χ3n) is 12.2. The fraction of sp³-hybridized carbons (Fsp3) is 0.867. The molecular formula is C30H50O5. The Bertz CT molecular complexity index is 869. The third-order valence-corrected chi connectivity index (χ3v) is 12.2. The number of aliphatic hydroxyl groups excluding tert-OH is 5. The van der Waals surface area contributed by atoms with Crippen molar-refractivity contribution in [3.05, 3.63) is 23.8 Å². The number of aliphatic hydroxyl groups is 5. The molecule has 5 heteroatoms. The summed E-state index contributed by atoms with van der Waals surface area (Å²) in [5.41, 5.74) is 0.877. The predicted molar refractivity (Wildman–Crippen MR) is 138 cm³/mol. The van der Waals surface area contributed by atoms with Crippen molar-refractivity contribution in [1.82, 2.24) is 0 Å². The summed E-state index contributed by atoms with van der Waals surface area (Å²) in [5.74, 6) is 1.05. The van der Waals surface area contributed by atoms with Crippen molar-refractivity contribution >= 4 is 0 Å². The summed E-state index contributed by atoms with van der Waals surface area (Å²) in [6, 6.07) is 0. The fourth-order valence-corrected chi connectivity index (χ4v) is 9.81. The SMILES string of the molecule is C=C(C)[C@@H](O)[C@H](O)C[C@@H](C)[C@H]1CC[C@@]2(C)[C@@H]3[C@@H](O)C=C4[C@@H](CC[C@H](O)[C@]4(C)CO)[C@]3(C)CC[C@]12C. The van der Waals surface area contributed by atoms with E-state index in [4.69, 9.17) is 0 Å². The van der Waals surface area contributed by atoms with Gasteiger partial charge in [0.05, 0.1) is 24.9 Å². The molecule has 0 heterocycles. The molecule has 0 radical (unpaired) electrons. The summed E-state index contributed by atoms with van der Waals surface area (Å²) in [6.45, 7) is 16.8. The maximum absolute atomic E-state index is 11.7. The first-order valence-corrected chi connectivity index (χ1v) is 13.9. The van der Waals surface area contributed by atoms with Crippen molar-refractivity contribution in [2.24, 2.45) is 45.3 Å². The molecule has 12 atom stereocenters. The van der Waals surface area contributed by atoms with Crippen molar-refractivity contribution in [2.75, 3.05) is 6.61 Å². The summed E-state index contributed by atoms with van der Waals surface area (Å²) < 4.78 is 0. The van der Waals surface area contributed by atoms with Crippen LogP contribution in [0.4, 0.5) is 0 Å². The van der Waals surface area contributed by atoms with Crippen molar-refractivity contribution in [1.29, 1.82) is 0 Å². The van der Waals surface area contributed by atoms with Gasteiger partial charge in [0.25, 0.3) is 0 Å². The summed E-state index contributed by atoms with van der Waals surface area (Å²) in [6.07, 6.45) is 5.48. The second-order valence-corrected chi connectivity index (χ2v) is 13.9. The zero-order chi connectivity index (χ0) is 26.1. The van der Waals surface area contributed by atoms with Crippen LogP contribution in [0.1, 0.15) is 86.5 Å². The lowest BCUT2D eigenvalue weighted by atomic mass is 9.38. The molecule has 0 bridgehead atoms. The van der Waals surface area contributed by atoms with Crippen LogP contribution < -0.4 is 0 Å². The topological polar surface area (TPSA) is 101 Å². The van der Waals surface area contributed by atoms with Crippen LogP contribution in [-0.2, 0) is 0 Å². The molecule has 3 fully saturated rings. The highest BCUT2D eigenvalue weighted by atomic mass is 16.3. The summed E-state index contributed by atoms with van der Waals surface area (Å²) in [7, 11) is 0. The zero-order valence-corrected chi connectivity index (χ0v) is 22.8. The first kappa shape index (κ1) is 27.3. The molecule has 0 unspecified atom stereocenters.